The second kappa shape index (κ2) is 5.66. The van der Waals surface area contributed by atoms with Crippen molar-refractivity contribution in [2.45, 2.75) is 39.5 Å². The molecule has 2 aromatic rings. The summed E-state index contributed by atoms with van der Waals surface area (Å²) in [5.74, 6) is 0.736. The van der Waals surface area contributed by atoms with Crippen LogP contribution in [0.2, 0.25) is 5.15 Å². The smallest absolute Gasteiger partial charge is 0.171 e. The highest BCUT2D eigenvalue weighted by Gasteiger charge is 2.23. The molecule has 2 nitrogen and oxygen atoms in total. The average molecular weight is 407 g/mol. The molecule has 0 aromatic carbocycles. The van der Waals surface area contributed by atoms with Gasteiger partial charge in [0.25, 0.3) is 0 Å². The molecule has 0 atom stereocenters. The molecule has 0 amide bonds. The first-order valence-corrected chi connectivity index (χ1v) is 8.43. The molecule has 0 N–H and O–H groups in total. The Kier molecular flexibility index (Phi) is 4.52. The highest BCUT2D eigenvalue weighted by molar-refractivity contribution is 14.1. The zero-order valence-corrected chi connectivity index (χ0v) is 15.2. The van der Waals surface area contributed by atoms with Gasteiger partial charge >= 0.3 is 0 Å². The van der Waals surface area contributed by atoms with E-state index in [2.05, 4.69) is 67.4 Å². The van der Waals surface area contributed by atoms with Gasteiger partial charge in [0, 0.05) is 10.3 Å². The van der Waals surface area contributed by atoms with Gasteiger partial charge in [-0.1, -0.05) is 39.3 Å². The van der Waals surface area contributed by atoms with Crippen LogP contribution in [0.25, 0.3) is 10.7 Å². The minimum absolute atomic E-state index is 0.0390. The van der Waals surface area contributed by atoms with Crippen LogP contribution in [0.4, 0.5) is 0 Å². The second-order valence-electron chi connectivity index (χ2n) is 5.37. The molecule has 0 aliphatic carbocycles. The van der Waals surface area contributed by atoms with Crippen LogP contribution in [0.1, 0.15) is 38.3 Å². The topological polar surface area (TPSA) is 25.8 Å². The molecule has 0 spiro atoms. The quantitative estimate of drug-likeness (QED) is 0.498. The van der Waals surface area contributed by atoms with Gasteiger partial charge in [0.15, 0.2) is 5.82 Å². The Bertz CT molecular complexity index is 602. The number of hydrogen-bond acceptors (Lipinski definition) is 3. The fourth-order valence-electron chi connectivity index (χ4n) is 1.71. The molecule has 2 aromatic heterocycles. The van der Waals surface area contributed by atoms with Gasteiger partial charge in [-0.25, -0.2) is 9.97 Å². The maximum Gasteiger partial charge on any atom is 0.171 e. The summed E-state index contributed by atoms with van der Waals surface area (Å²) in [6.45, 7) is 8.58. The maximum atomic E-state index is 6.26. The van der Waals surface area contributed by atoms with E-state index in [1.807, 2.05) is 0 Å². The summed E-state index contributed by atoms with van der Waals surface area (Å²) in [5.41, 5.74) is 0.970. The molecule has 5 heteroatoms. The van der Waals surface area contributed by atoms with Crippen LogP contribution in [-0.2, 0) is 11.8 Å². The van der Waals surface area contributed by atoms with E-state index in [1.54, 1.807) is 11.3 Å². The van der Waals surface area contributed by atoms with E-state index in [1.165, 1.54) is 4.88 Å². The summed E-state index contributed by atoms with van der Waals surface area (Å²) >= 11 is 10.2. The van der Waals surface area contributed by atoms with E-state index in [-0.39, 0.29) is 5.41 Å². The van der Waals surface area contributed by atoms with Crippen LogP contribution in [-0.4, -0.2) is 9.97 Å². The molecule has 19 heavy (non-hydrogen) atoms. The summed E-state index contributed by atoms with van der Waals surface area (Å²) in [7, 11) is 0. The van der Waals surface area contributed by atoms with Crippen LogP contribution in [0.3, 0.4) is 0 Å². The van der Waals surface area contributed by atoms with Crippen molar-refractivity contribution in [3.8, 4) is 10.7 Å². The first kappa shape index (κ1) is 15.2. The number of halogens is 2. The van der Waals surface area contributed by atoms with Gasteiger partial charge in [-0.15, -0.1) is 11.3 Å². The van der Waals surface area contributed by atoms with Gasteiger partial charge < -0.3 is 0 Å². The number of hydrogen-bond donors (Lipinski definition) is 0. The summed E-state index contributed by atoms with van der Waals surface area (Å²) in [6.07, 6.45) is 1.04. The maximum absolute atomic E-state index is 6.26. The molecule has 0 radical (unpaired) electrons. The Hall–Kier alpha value is -0.200. The minimum Gasteiger partial charge on any atom is -0.231 e. The molecular formula is C14H16ClIN2S. The molecule has 0 aliphatic heterocycles. The fourth-order valence-corrected chi connectivity index (χ4v) is 3.82. The first-order chi connectivity index (χ1) is 8.82. The minimum atomic E-state index is -0.0390. The van der Waals surface area contributed by atoms with E-state index < -0.39 is 0 Å². The van der Waals surface area contributed by atoms with E-state index in [0.29, 0.717) is 5.15 Å². The van der Waals surface area contributed by atoms with Crippen LogP contribution in [0, 0.1) is 3.57 Å². The molecule has 0 aliphatic rings. The van der Waals surface area contributed by atoms with E-state index in [9.17, 15) is 0 Å². The number of thiophene rings is 1. The Morgan fingerprint density at radius 2 is 1.95 bits per heavy atom. The highest BCUT2D eigenvalue weighted by Crippen LogP contribution is 2.33. The molecule has 0 saturated carbocycles. The normalized spacial score (nSPS) is 11.9. The van der Waals surface area contributed by atoms with Crippen LogP contribution >= 0.6 is 45.5 Å². The van der Waals surface area contributed by atoms with Crippen molar-refractivity contribution in [1.82, 2.24) is 9.97 Å². The zero-order chi connectivity index (χ0) is 14.2. The molecular weight excluding hydrogens is 391 g/mol. The van der Waals surface area contributed by atoms with Gasteiger partial charge in [0.1, 0.15) is 5.15 Å². The number of nitrogens with zero attached hydrogens (tertiary/aromatic N) is 2. The van der Waals surface area contributed by atoms with E-state index in [4.69, 9.17) is 16.6 Å². The third kappa shape index (κ3) is 3.28. The first-order valence-electron chi connectivity index (χ1n) is 6.15. The van der Waals surface area contributed by atoms with Gasteiger partial charge in [0.05, 0.1) is 14.1 Å². The lowest BCUT2D eigenvalue weighted by atomic mass is 9.92. The number of aryl methyl sites for hydroxylation is 1. The predicted molar refractivity (Wildman–Crippen MR) is 91.2 cm³/mol. The Labute approximate surface area is 136 Å². The van der Waals surface area contributed by atoms with Crippen LogP contribution < -0.4 is 0 Å². The zero-order valence-electron chi connectivity index (χ0n) is 11.4. The lowest BCUT2D eigenvalue weighted by molar-refractivity contribution is 0.564. The number of rotatable bonds is 2. The van der Waals surface area contributed by atoms with E-state index >= 15 is 0 Å². The third-order valence-corrected chi connectivity index (χ3v) is 5.59. The van der Waals surface area contributed by atoms with Gasteiger partial charge in [-0.2, -0.15) is 0 Å². The molecule has 0 bridgehead atoms. The molecule has 2 heterocycles. The van der Waals surface area contributed by atoms with Crippen LogP contribution in [0.5, 0.6) is 0 Å². The van der Waals surface area contributed by atoms with Gasteiger partial charge in [-0.3, -0.25) is 0 Å². The van der Waals surface area contributed by atoms with Crippen molar-refractivity contribution in [2.24, 2.45) is 0 Å². The van der Waals surface area contributed by atoms with Gasteiger partial charge in [-0.05, 0) is 41.1 Å². The lowest BCUT2D eigenvalue weighted by Gasteiger charge is -2.20. The van der Waals surface area contributed by atoms with Crippen molar-refractivity contribution in [3.05, 3.63) is 31.4 Å². The Morgan fingerprint density at radius 3 is 2.47 bits per heavy atom. The van der Waals surface area contributed by atoms with E-state index in [0.717, 1.165) is 26.4 Å². The molecule has 102 valence electrons. The molecule has 0 unspecified atom stereocenters. The van der Waals surface area contributed by atoms with Gasteiger partial charge in [0.2, 0.25) is 0 Å². The van der Waals surface area contributed by atoms with Crippen molar-refractivity contribution >= 4 is 45.5 Å². The fraction of sp³-hybridized carbons (Fsp3) is 0.429. The molecule has 2 rings (SSSR count). The third-order valence-electron chi connectivity index (χ3n) is 2.75. The van der Waals surface area contributed by atoms with Crippen molar-refractivity contribution in [1.29, 1.82) is 0 Å². The summed E-state index contributed by atoms with van der Waals surface area (Å²) in [6, 6.07) is 4.21. The average Bonchev–Trinajstić information content (AvgIpc) is 2.79. The number of aromatic nitrogens is 2. The lowest BCUT2D eigenvalue weighted by Crippen LogP contribution is -2.17. The largest absolute Gasteiger partial charge is 0.231 e. The summed E-state index contributed by atoms with van der Waals surface area (Å²) in [4.78, 5) is 11.6. The highest BCUT2D eigenvalue weighted by atomic mass is 127. The van der Waals surface area contributed by atoms with Crippen molar-refractivity contribution in [3.63, 3.8) is 0 Å². The summed E-state index contributed by atoms with van der Waals surface area (Å²) in [5, 5.41) is 0.543. The predicted octanol–water partition coefficient (Wildman–Crippen LogP) is 5.32. The monoisotopic (exact) mass is 406 g/mol. The Balaban J connectivity index is 2.56. The van der Waals surface area contributed by atoms with Crippen molar-refractivity contribution in [2.75, 3.05) is 0 Å². The molecule has 0 saturated heterocycles. The SMILES string of the molecule is CCc1ccc(-c2nc(Cl)c(I)c(C(C)(C)C)n2)s1. The Morgan fingerprint density at radius 1 is 1.26 bits per heavy atom. The van der Waals surface area contributed by atoms with Crippen molar-refractivity contribution < 1.29 is 0 Å². The molecule has 0 fully saturated rings. The standard InChI is InChI=1S/C14H16ClIN2S/c1-5-8-6-7-9(19-8)13-17-11(14(2,3)4)10(16)12(15)18-13/h6-7H,5H2,1-4H3. The summed E-state index contributed by atoms with van der Waals surface area (Å²) < 4.78 is 0.947. The second-order valence-corrected chi connectivity index (χ2v) is 7.98. The van der Waals surface area contributed by atoms with Crippen LogP contribution in [0.15, 0.2) is 12.1 Å².